The van der Waals surface area contributed by atoms with E-state index >= 15 is 0 Å². The Hall–Kier alpha value is -1.60. The summed E-state index contributed by atoms with van der Waals surface area (Å²) in [6.07, 6.45) is 1.58. The Balaban J connectivity index is 2.05. The lowest BCUT2D eigenvalue weighted by Gasteiger charge is -2.40. The van der Waals surface area contributed by atoms with Gasteiger partial charge in [-0.3, -0.25) is 0 Å². The zero-order valence-corrected chi connectivity index (χ0v) is 11.5. The second-order valence-corrected chi connectivity index (χ2v) is 5.46. The van der Waals surface area contributed by atoms with Crippen molar-refractivity contribution in [3.8, 4) is 6.07 Å². The topological polar surface area (TPSA) is 39.1 Å². The van der Waals surface area contributed by atoms with Crippen molar-refractivity contribution < 1.29 is 4.39 Å². The van der Waals surface area contributed by atoms with Crippen LogP contribution in [-0.2, 0) is 0 Å². The van der Waals surface area contributed by atoms with Crippen molar-refractivity contribution >= 4 is 5.69 Å². The lowest BCUT2D eigenvalue weighted by Crippen LogP contribution is -2.50. The molecule has 1 fully saturated rings. The van der Waals surface area contributed by atoms with Crippen molar-refractivity contribution in [3.63, 3.8) is 0 Å². The van der Waals surface area contributed by atoms with Gasteiger partial charge >= 0.3 is 0 Å². The van der Waals surface area contributed by atoms with Crippen molar-refractivity contribution in [3.05, 3.63) is 30.1 Å². The van der Waals surface area contributed by atoms with Crippen LogP contribution in [0.3, 0.4) is 0 Å². The quantitative estimate of drug-likeness (QED) is 0.909. The molecule has 0 spiro atoms. The Morgan fingerprint density at radius 2 is 1.84 bits per heavy atom. The maximum atomic E-state index is 12.9. The van der Waals surface area contributed by atoms with Gasteiger partial charge in [0.25, 0.3) is 0 Å². The molecule has 0 saturated carbocycles. The molecule has 0 atom stereocenters. The van der Waals surface area contributed by atoms with E-state index in [-0.39, 0.29) is 5.82 Å². The average Bonchev–Trinajstić information content (AvgIpc) is 2.42. The minimum Gasteiger partial charge on any atom is -0.367 e. The van der Waals surface area contributed by atoms with E-state index in [2.05, 4.69) is 30.1 Å². The predicted molar refractivity (Wildman–Crippen MR) is 74.3 cm³/mol. The fourth-order valence-electron chi connectivity index (χ4n) is 2.50. The number of rotatable bonds is 3. The van der Waals surface area contributed by atoms with Crippen molar-refractivity contribution in [1.29, 1.82) is 5.26 Å². The smallest absolute Gasteiger partial charge is 0.127 e. The minimum absolute atomic E-state index is 0.258. The van der Waals surface area contributed by atoms with E-state index in [0.717, 1.165) is 31.6 Å². The van der Waals surface area contributed by atoms with Gasteiger partial charge in [-0.1, -0.05) is 0 Å². The third-order valence-corrected chi connectivity index (χ3v) is 3.82. The predicted octanol–water partition coefficient (Wildman–Crippen LogP) is 3.00. The summed E-state index contributed by atoms with van der Waals surface area (Å²) in [6, 6.07) is 9.12. The number of likely N-dealkylation sites (tertiary alicyclic amines) is 1. The van der Waals surface area contributed by atoms with E-state index in [1.807, 2.05) is 0 Å². The highest BCUT2D eigenvalue weighted by molar-refractivity contribution is 5.48. The van der Waals surface area contributed by atoms with Gasteiger partial charge in [0.1, 0.15) is 11.4 Å². The van der Waals surface area contributed by atoms with E-state index in [1.165, 1.54) is 12.1 Å². The molecule has 0 aliphatic carbocycles. The summed E-state index contributed by atoms with van der Waals surface area (Å²) in [5.74, 6) is -0.258. The lowest BCUT2D eigenvalue weighted by atomic mass is 9.88. The summed E-state index contributed by atoms with van der Waals surface area (Å²) in [5.41, 5.74) is 0.282. The van der Waals surface area contributed by atoms with E-state index in [1.54, 1.807) is 12.1 Å². The van der Waals surface area contributed by atoms with Crippen LogP contribution in [0.4, 0.5) is 10.1 Å². The molecule has 1 aromatic carbocycles. The fourth-order valence-corrected chi connectivity index (χ4v) is 2.50. The number of halogens is 1. The standard InChI is InChI=1S/C15H20FN3/c1-12(2)19-9-7-15(11-17,8-10-19)18-14-5-3-13(16)4-6-14/h3-6,12,18H,7-10H2,1-2H3. The lowest BCUT2D eigenvalue weighted by molar-refractivity contribution is 0.160. The molecule has 0 amide bonds. The molecule has 0 radical (unpaired) electrons. The largest absolute Gasteiger partial charge is 0.367 e. The van der Waals surface area contributed by atoms with Crippen LogP contribution in [0.1, 0.15) is 26.7 Å². The molecular weight excluding hydrogens is 241 g/mol. The Labute approximate surface area is 114 Å². The highest BCUT2D eigenvalue weighted by atomic mass is 19.1. The fraction of sp³-hybridized carbons (Fsp3) is 0.533. The van der Waals surface area contributed by atoms with Gasteiger partial charge in [0.15, 0.2) is 0 Å². The van der Waals surface area contributed by atoms with Crippen LogP contribution in [-0.4, -0.2) is 29.6 Å². The second kappa shape index (κ2) is 5.58. The summed E-state index contributed by atoms with van der Waals surface area (Å²) >= 11 is 0. The maximum Gasteiger partial charge on any atom is 0.127 e. The van der Waals surface area contributed by atoms with Gasteiger partial charge in [-0.05, 0) is 51.0 Å². The van der Waals surface area contributed by atoms with Gasteiger partial charge in [-0.2, -0.15) is 5.26 Å². The van der Waals surface area contributed by atoms with Crippen LogP contribution in [0, 0.1) is 17.1 Å². The first-order valence-electron chi connectivity index (χ1n) is 6.74. The molecule has 4 heteroatoms. The molecule has 1 aliphatic rings. The monoisotopic (exact) mass is 261 g/mol. The normalized spacial score (nSPS) is 19.1. The van der Waals surface area contributed by atoms with Crippen LogP contribution >= 0.6 is 0 Å². The molecule has 1 saturated heterocycles. The second-order valence-electron chi connectivity index (χ2n) is 5.46. The number of hydrogen-bond donors (Lipinski definition) is 1. The summed E-state index contributed by atoms with van der Waals surface area (Å²) < 4.78 is 12.9. The van der Waals surface area contributed by atoms with Crippen molar-refractivity contribution in [2.24, 2.45) is 0 Å². The SMILES string of the molecule is CC(C)N1CCC(C#N)(Nc2ccc(F)cc2)CC1. The van der Waals surface area contributed by atoms with Crippen LogP contribution in [0.2, 0.25) is 0 Å². The van der Waals surface area contributed by atoms with Crippen molar-refractivity contribution in [2.75, 3.05) is 18.4 Å². The number of benzene rings is 1. The van der Waals surface area contributed by atoms with Gasteiger partial charge in [-0.15, -0.1) is 0 Å². The van der Waals surface area contributed by atoms with Gasteiger partial charge in [0.2, 0.25) is 0 Å². The average molecular weight is 261 g/mol. The molecular formula is C15H20FN3. The first-order chi connectivity index (χ1) is 9.04. The summed E-state index contributed by atoms with van der Waals surface area (Å²) in [5, 5.41) is 12.8. The highest BCUT2D eigenvalue weighted by Gasteiger charge is 2.35. The van der Waals surface area contributed by atoms with Gasteiger partial charge < -0.3 is 10.2 Å². The van der Waals surface area contributed by atoms with Crippen molar-refractivity contribution in [2.45, 2.75) is 38.3 Å². The summed E-state index contributed by atoms with van der Waals surface area (Å²) in [7, 11) is 0. The number of nitriles is 1. The number of nitrogens with zero attached hydrogens (tertiary/aromatic N) is 2. The molecule has 102 valence electrons. The summed E-state index contributed by atoms with van der Waals surface area (Å²) in [4.78, 5) is 2.38. The van der Waals surface area contributed by atoms with E-state index in [0.29, 0.717) is 6.04 Å². The number of piperidine rings is 1. The first-order valence-corrected chi connectivity index (χ1v) is 6.74. The Morgan fingerprint density at radius 1 is 1.26 bits per heavy atom. The van der Waals surface area contributed by atoms with E-state index < -0.39 is 5.54 Å². The maximum absolute atomic E-state index is 12.9. The van der Waals surface area contributed by atoms with Gasteiger partial charge in [-0.25, -0.2) is 4.39 Å². The molecule has 0 bridgehead atoms. The Morgan fingerprint density at radius 3 is 2.32 bits per heavy atom. The number of hydrogen-bond acceptors (Lipinski definition) is 3. The zero-order chi connectivity index (χ0) is 13.9. The first kappa shape index (κ1) is 13.8. The van der Waals surface area contributed by atoms with Gasteiger partial charge in [0.05, 0.1) is 6.07 Å². The zero-order valence-electron chi connectivity index (χ0n) is 11.5. The van der Waals surface area contributed by atoms with Crippen LogP contribution in [0.5, 0.6) is 0 Å². The van der Waals surface area contributed by atoms with E-state index in [9.17, 15) is 9.65 Å². The molecule has 0 aromatic heterocycles. The Kier molecular flexibility index (Phi) is 4.06. The molecule has 3 nitrogen and oxygen atoms in total. The molecule has 1 aliphatic heterocycles. The molecule has 1 heterocycles. The van der Waals surface area contributed by atoms with Crippen LogP contribution in [0.25, 0.3) is 0 Å². The molecule has 1 N–H and O–H groups in total. The van der Waals surface area contributed by atoms with Crippen molar-refractivity contribution in [1.82, 2.24) is 4.90 Å². The van der Waals surface area contributed by atoms with Gasteiger partial charge in [0, 0.05) is 24.8 Å². The third-order valence-electron chi connectivity index (χ3n) is 3.82. The minimum atomic E-state index is -0.525. The Bertz CT molecular complexity index is 453. The highest BCUT2D eigenvalue weighted by Crippen LogP contribution is 2.27. The summed E-state index contributed by atoms with van der Waals surface area (Å²) in [6.45, 7) is 6.18. The molecule has 19 heavy (non-hydrogen) atoms. The number of anilines is 1. The molecule has 1 aromatic rings. The van der Waals surface area contributed by atoms with Crippen LogP contribution in [0.15, 0.2) is 24.3 Å². The van der Waals surface area contributed by atoms with E-state index in [4.69, 9.17) is 0 Å². The number of nitrogens with one attached hydrogen (secondary N) is 1. The third kappa shape index (κ3) is 3.24. The van der Waals surface area contributed by atoms with Crippen LogP contribution < -0.4 is 5.32 Å². The molecule has 0 unspecified atom stereocenters. The molecule has 2 rings (SSSR count).